The van der Waals surface area contributed by atoms with Gasteiger partial charge in [0.1, 0.15) is 6.10 Å². The molecule has 2 atom stereocenters. The third-order valence-corrected chi connectivity index (χ3v) is 2.29. The lowest BCUT2D eigenvalue weighted by Crippen LogP contribution is -2.24. The molecule has 0 aromatic rings. The predicted octanol–water partition coefficient (Wildman–Crippen LogP) is 2.14. The Balaban J connectivity index is 3.73. The van der Waals surface area contributed by atoms with Crippen molar-refractivity contribution in [2.24, 2.45) is 0 Å². The van der Waals surface area contributed by atoms with E-state index in [1.165, 1.54) is 0 Å². The van der Waals surface area contributed by atoms with E-state index in [0.717, 1.165) is 32.1 Å². The smallest absolute Gasteiger partial charge is 0.345 e. The molecule has 0 aliphatic carbocycles. The van der Waals surface area contributed by atoms with Gasteiger partial charge in [0.2, 0.25) is 0 Å². The third kappa shape index (κ3) is 6.27. The summed E-state index contributed by atoms with van der Waals surface area (Å²) >= 11 is 3.60. The number of hydrogen-bond acceptors (Lipinski definition) is 4. The molecule has 0 rings (SSSR count). The van der Waals surface area contributed by atoms with E-state index in [2.05, 4.69) is 19.6 Å². The van der Waals surface area contributed by atoms with Crippen molar-refractivity contribution < 1.29 is 14.6 Å². The van der Waals surface area contributed by atoms with E-state index in [1.807, 2.05) is 6.92 Å². The van der Waals surface area contributed by atoms with Crippen molar-refractivity contribution in [3.05, 3.63) is 0 Å². The Morgan fingerprint density at radius 1 is 1.43 bits per heavy atom. The van der Waals surface area contributed by atoms with Crippen LogP contribution < -0.4 is 0 Å². The molecule has 0 saturated heterocycles. The summed E-state index contributed by atoms with van der Waals surface area (Å²) in [7, 11) is 0. The van der Waals surface area contributed by atoms with Gasteiger partial charge >= 0.3 is 5.97 Å². The maximum Gasteiger partial charge on any atom is 0.345 e. The first kappa shape index (κ1) is 13.8. The van der Waals surface area contributed by atoms with Gasteiger partial charge in [0.25, 0.3) is 0 Å². The van der Waals surface area contributed by atoms with Crippen molar-refractivity contribution in [2.75, 3.05) is 0 Å². The van der Waals surface area contributed by atoms with E-state index in [9.17, 15) is 4.79 Å². The largest absolute Gasteiger partial charge is 0.460 e. The topological polar surface area (TPSA) is 46.5 Å². The first-order valence-corrected chi connectivity index (χ1v) is 5.70. The molecule has 0 aliphatic heterocycles. The number of carbonyl (C=O) groups is 1. The fourth-order valence-corrected chi connectivity index (χ4v) is 1.25. The minimum absolute atomic E-state index is 0.0733. The summed E-state index contributed by atoms with van der Waals surface area (Å²) in [4.78, 5) is 11.0. The number of carbonyl (C=O) groups excluding carboxylic acids is 1. The van der Waals surface area contributed by atoms with Crippen LogP contribution in [-0.4, -0.2) is 22.6 Å². The van der Waals surface area contributed by atoms with Crippen molar-refractivity contribution in [3.8, 4) is 0 Å². The number of hydrogen-bond donors (Lipinski definition) is 2. The van der Waals surface area contributed by atoms with Crippen molar-refractivity contribution >= 4 is 18.6 Å². The monoisotopic (exact) mass is 220 g/mol. The zero-order valence-electron chi connectivity index (χ0n) is 8.90. The fourth-order valence-electron chi connectivity index (χ4n) is 1.19. The van der Waals surface area contributed by atoms with Gasteiger partial charge in [-0.05, 0) is 19.3 Å². The molecule has 0 heterocycles. The molecule has 0 aliphatic rings. The van der Waals surface area contributed by atoms with E-state index >= 15 is 0 Å². The van der Waals surface area contributed by atoms with Gasteiger partial charge in [-0.1, -0.05) is 26.7 Å². The predicted molar refractivity (Wildman–Crippen MR) is 59.3 cm³/mol. The van der Waals surface area contributed by atoms with E-state index in [4.69, 9.17) is 9.84 Å². The van der Waals surface area contributed by atoms with Gasteiger partial charge in [-0.3, -0.25) is 0 Å². The molecule has 0 saturated carbocycles. The lowest BCUT2D eigenvalue weighted by atomic mass is 10.1. The summed E-state index contributed by atoms with van der Waals surface area (Å²) in [5.41, 5.74) is -1.31. The van der Waals surface area contributed by atoms with E-state index in [1.54, 1.807) is 0 Å². The van der Waals surface area contributed by atoms with E-state index in [-0.39, 0.29) is 6.10 Å². The highest BCUT2D eigenvalue weighted by atomic mass is 32.1. The molecule has 2 unspecified atom stereocenters. The highest BCUT2D eigenvalue weighted by molar-refractivity contribution is 7.81. The second kappa shape index (κ2) is 8.12. The van der Waals surface area contributed by atoms with Crippen LogP contribution in [0.3, 0.4) is 0 Å². The number of esters is 1. The van der Waals surface area contributed by atoms with Crippen LogP contribution in [0, 0.1) is 0 Å². The first-order chi connectivity index (χ1) is 6.61. The van der Waals surface area contributed by atoms with Gasteiger partial charge in [0.05, 0.1) is 0 Å². The first-order valence-electron chi connectivity index (χ1n) is 5.18. The highest BCUT2D eigenvalue weighted by Gasteiger charge is 2.16. The molecule has 0 radical (unpaired) electrons. The van der Waals surface area contributed by atoms with Crippen LogP contribution in [-0.2, 0) is 9.53 Å². The van der Waals surface area contributed by atoms with Crippen LogP contribution in [0.1, 0.15) is 46.0 Å². The van der Waals surface area contributed by atoms with Crippen LogP contribution in [0.25, 0.3) is 0 Å². The summed E-state index contributed by atoms with van der Waals surface area (Å²) in [6.45, 7) is 4.10. The average Bonchev–Trinajstić information content (AvgIpc) is 2.16. The second-order valence-corrected chi connectivity index (χ2v) is 3.83. The molecule has 0 bridgehead atoms. The van der Waals surface area contributed by atoms with Crippen LogP contribution in [0.15, 0.2) is 0 Å². The van der Waals surface area contributed by atoms with Crippen molar-refractivity contribution in [1.29, 1.82) is 0 Å². The van der Waals surface area contributed by atoms with Gasteiger partial charge in [-0.15, -0.1) is 12.6 Å². The Morgan fingerprint density at radius 3 is 2.50 bits per heavy atom. The van der Waals surface area contributed by atoms with E-state index < -0.39 is 11.4 Å². The Labute approximate surface area is 91.2 Å². The molecule has 0 aromatic heterocycles. The normalized spacial score (nSPS) is 14.9. The number of aliphatic hydroxyl groups is 1. The molecule has 14 heavy (non-hydrogen) atoms. The quantitative estimate of drug-likeness (QED) is 0.299. The molecule has 84 valence electrons. The highest BCUT2D eigenvalue weighted by Crippen LogP contribution is 2.11. The number of aliphatic hydroxyl groups excluding tert-OH is 1. The zero-order chi connectivity index (χ0) is 11.0. The summed E-state index contributed by atoms with van der Waals surface area (Å²) in [5.74, 6) is -0.642. The zero-order valence-corrected chi connectivity index (χ0v) is 9.80. The minimum atomic E-state index is -1.31. The average molecular weight is 220 g/mol. The number of unbranched alkanes of at least 4 members (excludes halogenated alkanes) is 2. The van der Waals surface area contributed by atoms with Crippen LogP contribution in [0.2, 0.25) is 0 Å². The molecule has 0 fully saturated rings. The molecule has 1 N–H and O–H groups in total. The number of rotatable bonds is 7. The van der Waals surface area contributed by atoms with Gasteiger partial charge in [-0.25, -0.2) is 4.79 Å². The van der Waals surface area contributed by atoms with Crippen molar-refractivity contribution in [2.45, 2.75) is 57.5 Å². The van der Waals surface area contributed by atoms with Gasteiger partial charge in [-0.2, -0.15) is 0 Å². The van der Waals surface area contributed by atoms with E-state index in [0.29, 0.717) is 0 Å². The molecule has 4 heteroatoms. The minimum Gasteiger partial charge on any atom is -0.460 e. The number of thiol groups is 1. The molecule has 0 spiro atoms. The Hall–Kier alpha value is -0.220. The molecular weight excluding hydrogens is 200 g/mol. The molecular formula is C10H20O3S. The Morgan fingerprint density at radius 2 is 2.07 bits per heavy atom. The van der Waals surface area contributed by atoms with Gasteiger partial charge < -0.3 is 9.84 Å². The lowest BCUT2D eigenvalue weighted by Gasteiger charge is -2.16. The summed E-state index contributed by atoms with van der Waals surface area (Å²) in [5, 5.41) is 8.83. The van der Waals surface area contributed by atoms with Crippen LogP contribution >= 0.6 is 12.6 Å². The van der Waals surface area contributed by atoms with Gasteiger partial charge in [0.15, 0.2) is 5.44 Å². The van der Waals surface area contributed by atoms with Gasteiger partial charge in [0, 0.05) is 0 Å². The summed E-state index contributed by atoms with van der Waals surface area (Å²) in [6.07, 6.45) is 4.95. The SMILES string of the molecule is CCCCCC(CC)OC(=O)C(O)S. The lowest BCUT2D eigenvalue weighted by molar-refractivity contribution is -0.154. The second-order valence-electron chi connectivity index (χ2n) is 3.34. The standard InChI is InChI=1S/C10H20O3S/c1-3-5-6-7-8(4-2)13-9(11)10(12)14/h8,10,12,14H,3-7H2,1-2H3. The van der Waals surface area contributed by atoms with Crippen molar-refractivity contribution in [3.63, 3.8) is 0 Å². The third-order valence-electron chi connectivity index (χ3n) is 2.08. The molecule has 3 nitrogen and oxygen atoms in total. The number of ether oxygens (including phenoxy) is 1. The summed E-state index contributed by atoms with van der Waals surface area (Å²) < 4.78 is 5.04. The molecule has 0 amide bonds. The maximum absolute atomic E-state index is 11.0. The van der Waals surface area contributed by atoms with Crippen molar-refractivity contribution in [1.82, 2.24) is 0 Å². The molecule has 0 aromatic carbocycles. The Kier molecular flexibility index (Phi) is 7.99. The fraction of sp³-hybridized carbons (Fsp3) is 0.900. The maximum atomic E-state index is 11.0. The van der Waals surface area contributed by atoms with Crippen LogP contribution in [0.5, 0.6) is 0 Å². The summed E-state index contributed by atoms with van der Waals surface area (Å²) in [6, 6.07) is 0. The van der Waals surface area contributed by atoms with Crippen LogP contribution in [0.4, 0.5) is 0 Å². The Bertz CT molecular complexity index is 159.